The minimum Gasteiger partial charge on any atom is -0.359 e. The van der Waals surface area contributed by atoms with Crippen LogP contribution >= 0.6 is 0 Å². The lowest BCUT2D eigenvalue weighted by molar-refractivity contribution is -0.118. The molecule has 1 aliphatic heterocycles. The van der Waals surface area contributed by atoms with Crippen LogP contribution in [0.2, 0.25) is 0 Å². The van der Waals surface area contributed by atoms with Crippen LogP contribution in [0.1, 0.15) is 52.2 Å². The zero-order valence-corrected chi connectivity index (χ0v) is 12.0. The molecule has 2 heterocycles. The summed E-state index contributed by atoms with van der Waals surface area (Å²) in [6.45, 7) is 7.05. The van der Waals surface area contributed by atoms with Crippen LogP contribution in [0.3, 0.4) is 0 Å². The van der Waals surface area contributed by atoms with Crippen LogP contribution in [-0.4, -0.2) is 23.7 Å². The minimum absolute atomic E-state index is 0.0179. The third kappa shape index (κ3) is 3.80. The fourth-order valence-electron chi connectivity index (χ4n) is 2.15. The Labute approximate surface area is 114 Å². The molecule has 19 heavy (non-hydrogen) atoms. The van der Waals surface area contributed by atoms with E-state index in [1.54, 1.807) is 6.07 Å². The number of hydrogen-bond acceptors (Lipinski definition) is 4. The van der Waals surface area contributed by atoms with E-state index in [0.29, 0.717) is 5.82 Å². The summed E-state index contributed by atoms with van der Waals surface area (Å²) >= 11 is 0. The van der Waals surface area contributed by atoms with Crippen LogP contribution in [0.5, 0.6) is 0 Å². The molecule has 1 atom stereocenters. The van der Waals surface area contributed by atoms with Gasteiger partial charge in [-0.25, -0.2) is 0 Å². The minimum atomic E-state index is -0.114. The van der Waals surface area contributed by atoms with E-state index in [-0.39, 0.29) is 17.4 Å². The summed E-state index contributed by atoms with van der Waals surface area (Å²) in [6.07, 6.45) is 4.31. The lowest BCUT2D eigenvalue weighted by Gasteiger charge is -2.14. The predicted molar refractivity (Wildman–Crippen MR) is 74.1 cm³/mol. The van der Waals surface area contributed by atoms with Gasteiger partial charge in [-0.2, -0.15) is 0 Å². The Kier molecular flexibility index (Phi) is 4.24. The van der Waals surface area contributed by atoms with Gasteiger partial charge < -0.3 is 15.2 Å². The Balaban J connectivity index is 1.96. The maximum Gasteiger partial charge on any atom is 0.242 e. The van der Waals surface area contributed by atoms with Crippen LogP contribution in [0.25, 0.3) is 0 Å². The lowest BCUT2D eigenvalue weighted by atomic mass is 9.93. The molecule has 1 amide bonds. The Morgan fingerprint density at radius 3 is 2.89 bits per heavy atom. The largest absolute Gasteiger partial charge is 0.359 e. The monoisotopic (exact) mass is 265 g/mol. The number of nitrogens with one attached hydrogen (secondary N) is 2. The molecule has 0 aliphatic carbocycles. The van der Waals surface area contributed by atoms with Crippen molar-refractivity contribution in [3.63, 3.8) is 0 Å². The molecule has 1 saturated heterocycles. The van der Waals surface area contributed by atoms with Crippen molar-refractivity contribution in [3.05, 3.63) is 11.8 Å². The van der Waals surface area contributed by atoms with Gasteiger partial charge in [-0.3, -0.25) is 4.79 Å². The summed E-state index contributed by atoms with van der Waals surface area (Å²) in [6, 6.07) is 1.69. The van der Waals surface area contributed by atoms with Gasteiger partial charge in [0.15, 0.2) is 5.82 Å². The summed E-state index contributed by atoms with van der Waals surface area (Å²) in [5.74, 6) is 1.26. The van der Waals surface area contributed by atoms with Crippen molar-refractivity contribution in [2.45, 2.75) is 57.9 Å². The van der Waals surface area contributed by atoms with E-state index in [2.05, 4.69) is 15.8 Å². The lowest BCUT2D eigenvalue weighted by Crippen LogP contribution is -2.39. The molecule has 0 saturated carbocycles. The van der Waals surface area contributed by atoms with Gasteiger partial charge in [-0.1, -0.05) is 38.8 Å². The number of anilines is 1. The van der Waals surface area contributed by atoms with Crippen molar-refractivity contribution < 1.29 is 9.32 Å². The van der Waals surface area contributed by atoms with Crippen LogP contribution in [0.4, 0.5) is 5.82 Å². The molecule has 5 nitrogen and oxygen atoms in total. The highest BCUT2D eigenvalue weighted by Crippen LogP contribution is 2.24. The SMILES string of the molecule is CC(C)(C)c1cc(NC(=O)C2CCCCCN2)no1. The summed E-state index contributed by atoms with van der Waals surface area (Å²) in [4.78, 5) is 12.1. The molecule has 0 radical (unpaired) electrons. The average Bonchev–Trinajstić information content (AvgIpc) is 2.63. The van der Waals surface area contributed by atoms with Gasteiger partial charge in [0.25, 0.3) is 0 Å². The zero-order chi connectivity index (χ0) is 13.9. The van der Waals surface area contributed by atoms with Gasteiger partial charge >= 0.3 is 0 Å². The van der Waals surface area contributed by atoms with E-state index in [9.17, 15) is 4.79 Å². The van der Waals surface area contributed by atoms with Crippen LogP contribution in [0.15, 0.2) is 10.6 Å². The molecular weight excluding hydrogens is 242 g/mol. The average molecular weight is 265 g/mol. The summed E-state index contributed by atoms with van der Waals surface area (Å²) < 4.78 is 5.26. The quantitative estimate of drug-likeness (QED) is 0.862. The third-order valence-electron chi connectivity index (χ3n) is 3.38. The van der Waals surface area contributed by atoms with Gasteiger partial charge in [-0.05, 0) is 19.4 Å². The van der Waals surface area contributed by atoms with Gasteiger partial charge in [0, 0.05) is 11.5 Å². The molecule has 106 valence electrons. The van der Waals surface area contributed by atoms with Gasteiger partial charge in [0.2, 0.25) is 5.91 Å². The fourth-order valence-corrected chi connectivity index (χ4v) is 2.15. The number of hydrogen-bond donors (Lipinski definition) is 2. The normalized spacial score (nSPS) is 20.9. The van der Waals surface area contributed by atoms with E-state index in [0.717, 1.165) is 31.6 Å². The van der Waals surface area contributed by atoms with Crippen molar-refractivity contribution in [3.8, 4) is 0 Å². The van der Waals surface area contributed by atoms with Gasteiger partial charge in [-0.15, -0.1) is 0 Å². The van der Waals surface area contributed by atoms with E-state index >= 15 is 0 Å². The first kappa shape index (κ1) is 14.1. The number of carbonyl (C=O) groups is 1. The van der Waals surface area contributed by atoms with Crippen molar-refractivity contribution in [2.75, 3.05) is 11.9 Å². The maximum absolute atomic E-state index is 12.1. The van der Waals surface area contributed by atoms with Crippen molar-refractivity contribution in [1.82, 2.24) is 10.5 Å². The molecular formula is C14H23N3O2. The zero-order valence-electron chi connectivity index (χ0n) is 12.0. The second-order valence-corrected chi connectivity index (χ2v) is 6.17. The second-order valence-electron chi connectivity index (χ2n) is 6.17. The molecule has 0 bridgehead atoms. The standard InChI is InChI=1S/C14H23N3O2/c1-14(2,3)11-9-12(17-19-11)16-13(18)10-7-5-4-6-8-15-10/h9-10,15H,4-8H2,1-3H3,(H,16,17,18). The second kappa shape index (κ2) is 5.74. The fraction of sp³-hybridized carbons (Fsp3) is 0.714. The Morgan fingerprint density at radius 2 is 2.21 bits per heavy atom. The molecule has 1 fully saturated rings. The highest BCUT2D eigenvalue weighted by molar-refractivity contribution is 5.94. The van der Waals surface area contributed by atoms with E-state index in [4.69, 9.17) is 4.52 Å². The van der Waals surface area contributed by atoms with E-state index in [1.807, 2.05) is 20.8 Å². The molecule has 2 N–H and O–H groups in total. The molecule has 1 aromatic rings. The molecule has 5 heteroatoms. The first-order chi connectivity index (χ1) is 8.97. The summed E-state index contributed by atoms with van der Waals surface area (Å²) in [5, 5.41) is 10.00. The van der Waals surface area contributed by atoms with E-state index in [1.165, 1.54) is 6.42 Å². The van der Waals surface area contributed by atoms with E-state index < -0.39 is 0 Å². The number of rotatable bonds is 2. The van der Waals surface area contributed by atoms with Crippen molar-refractivity contribution in [2.24, 2.45) is 0 Å². The molecule has 1 aromatic heterocycles. The Bertz CT molecular complexity index is 426. The van der Waals surface area contributed by atoms with Crippen LogP contribution in [0, 0.1) is 0 Å². The Hall–Kier alpha value is -1.36. The van der Waals surface area contributed by atoms with Gasteiger partial charge in [0.1, 0.15) is 5.76 Å². The van der Waals surface area contributed by atoms with Crippen molar-refractivity contribution >= 4 is 11.7 Å². The first-order valence-electron chi connectivity index (χ1n) is 6.98. The number of nitrogens with zero attached hydrogens (tertiary/aromatic N) is 1. The maximum atomic E-state index is 12.1. The highest BCUT2D eigenvalue weighted by Gasteiger charge is 2.23. The molecule has 1 unspecified atom stereocenters. The van der Waals surface area contributed by atoms with Crippen LogP contribution in [-0.2, 0) is 10.2 Å². The summed E-state index contributed by atoms with van der Waals surface area (Å²) in [5.41, 5.74) is -0.101. The predicted octanol–water partition coefficient (Wildman–Crippen LogP) is 2.44. The summed E-state index contributed by atoms with van der Waals surface area (Å²) in [7, 11) is 0. The molecule has 1 aliphatic rings. The highest BCUT2D eigenvalue weighted by atomic mass is 16.5. The van der Waals surface area contributed by atoms with Crippen molar-refractivity contribution in [1.29, 1.82) is 0 Å². The number of amides is 1. The molecule has 0 aromatic carbocycles. The smallest absolute Gasteiger partial charge is 0.242 e. The number of carbonyl (C=O) groups excluding carboxylic acids is 1. The molecule has 0 spiro atoms. The topological polar surface area (TPSA) is 67.2 Å². The first-order valence-corrected chi connectivity index (χ1v) is 6.98. The molecule has 2 rings (SSSR count). The Morgan fingerprint density at radius 1 is 1.42 bits per heavy atom. The van der Waals surface area contributed by atoms with Gasteiger partial charge in [0.05, 0.1) is 6.04 Å². The third-order valence-corrected chi connectivity index (χ3v) is 3.38. The van der Waals surface area contributed by atoms with Crippen LogP contribution < -0.4 is 10.6 Å². The number of aromatic nitrogens is 1.